The Balaban J connectivity index is 1.32. The van der Waals surface area contributed by atoms with Crippen LogP contribution in [0, 0.1) is 5.82 Å². The van der Waals surface area contributed by atoms with Gasteiger partial charge in [0.1, 0.15) is 11.6 Å². The number of rotatable bonds is 10. The van der Waals surface area contributed by atoms with Crippen molar-refractivity contribution in [2.75, 3.05) is 13.7 Å². The van der Waals surface area contributed by atoms with E-state index in [-0.39, 0.29) is 18.1 Å². The van der Waals surface area contributed by atoms with Crippen molar-refractivity contribution >= 4 is 5.91 Å². The second-order valence-corrected chi connectivity index (χ2v) is 6.70. The summed E-state index contributed by atoms with van der Waals surface area (Å²) in [5.41, 5.74) is 1.68. The van der Waals surface area contributed by atoms with Crippen LogP contribution < -0.4 is 10.1 Å². The van der Waals surface area contributed by atoms with Crippen molar-refractivity contribution in [3.63, 3.8) is 0 Å². The predicted molar refractivity (Wildman–Crippen MR) is 107 cm³/mol. The van der Waals surface area contributed by atoms with E-state index in [1.807, 2.05) is 24.3 Å². The van der Waals surface area contributed by atoms with Crippen molar-refractivity contribution in [1.82, 2.24) is 15.5 Å². The molecule has 1 amide bonds. The average molecular weight is 397 g/mol. The number of methoxy groups -OCH3 is 1. The number of aryl methyl sites for hydroxylation is 1. The van der Waals surface area contributed by atoms with Crippen LogP contribution in [0.5, 0.6) is 5.75 Å². The Morgan fingerprint density at radius 3 is 2.55 bits per heavy atom. The number of halogens is 1. The van der Waals surface area contributed by atoms with Crippen LogP contribution >= 0.6 is 0 Å². The Labute approximate surface area is 169 Å². The molecule has 0 bridgehead atoms. The first-order valence-corrected chi connectivity index (χ1v) is 9.62. The average Bonchev–Trinajstić information content (AvgIpc) is 3.21. The fourth-order valence-electron chi connectivity index (χ4n) is 2.87. The van der Waals surface area contributed by atoms with E-state index in [9.17, 15) is 9.18 Å². The molecule has 1 aromatic heterocycles. The lowest BCUT2D eigenvalue weighted by molar-refractivity contribution is -0.120. The highest BCUT2D eigenvalue weighted by Gasteiger charge is 2.09. The summed E-state index contributed by atoms with van der Waals surface area (Å²) in [5, 5.41) is 6.90. The zero-order valence-corrected chi connectivity index (χ0v) is 16.4. The highest BCUT2D eigenvalue weighted by molar-refractivity contribution is 5.78. The van der Waals surface area contributed by atoms with E-state index in [4.69, 9.17) is 9.26 Å². The van der Waals surface area contributed by atoms with E-state index in [1.165, 1.54) is 12.1 Å². The molecule has 7 heteroatoms. The number of ether oxygens (including phenoxy) is 1. The number of hydrogen-bond donors (Lipinski definition) is 1. The number of unbranched alkanes of at least 4 members (excludes halogenated alkanes) is 2. The summed E-state index contributed by atoms with van der Waals surface area (Å²) in [6.07, 6.45) is 3.67. The summed E-state index contributed by atoms with van der Waals surface area (Å²) in [5.74, 6) is 1.60. The molecule has 0 fully saturated rings. The zero-order chi connectivity index (χ0) is 20.5. The number of nitrogens with zero attached hydrogens (tertiary/aromatic N) is 2. The molecule has 152 valence electrons. The molecule has 6 nitrogen and oxygen atoms in total. The highest BCUT2D eigenvalue weighted by atomic mass is 19.1. The molecule has 0 saturated heterocycles. The second-order valence-electron chi connectivity index (χ2n) is 6.70. The summed E-state index contributed by atoms with van der Waals surface area (Å²) in [4.78, 5) is 16.3. The van der Waals surface area contributed by atoms with Crippen LogP contribution in [0.25, 0.3) is 11.4 Å². The topological polar surface area (TPSA) is 77.3 Å². The molecule has 1 heterocycles. The molecule has 0 aliphatic carbocycles. The van der Waals surface area contributed by atoms with Gasteiger partial charge in [-0.05, 0) is 54.8 Å². The Kier molecular flexibility index (Phi) is 7.33. The van der Waals surface area contributed by atoms with Crippen LogP contribution in [-0.2, 0) is 17.6 Å². The molecule has 0 saturated carbocycles. The molecule has 0 radical (unpaired) electrons. The minimum atomic E-state index is -0.300. The van der Waals surface area contributed by atoms with Crippen molar-refractivity contribution in [1.29, 1.82) is 0 Å². The lowest BCUT2D eigenvalue weighted by Gasteiger charge is -2.05. The molecule has 0 unspecified atom stereocenters. The van der Waals surface area contributed by atoms with Crippen LogP contribution in [0.15, 0.2) is 53.1 Å². The molecule has 0 aliphatic rings. The van der Waals surface area contributed by atoms with E-state index in [0.29, 0.717) is 24.7 Å². The molecule has 0 spiro atoms. The lowest BCUT2D eigenvalue weighted by atomic mass is 10.1. The Morgan fingerprint density at radius 2 is 1.83 bits per heavy atom. The summed E-state index contributed by atoms with van der Waals surface area (Å²) in [6, 6.07) is 13.5. The van der Waals surface area contributed by atoms with Crippen molar-refractivity contribution < 1.29 is 18.4 Å². The van der Waals surface area contributed by atoms with Gasteiger partial charge in [0.2, 0.25) is 17.6 Å². The Bertz CT molecular complexity index is 908. The highest BCUT2D eigenvalue weighted by Crippen LogP contribution is 2.20. The summed E-state index contributed by atoms with van der Waals surface area (Å²) in [6.45, 7) is 0.612. The van der Waals surface area contributed by atoms with Gasteiger partial charge in [0.05, 0.1) is 13.5 Å². The van der Waals surface area contributed by atoms with Gasteiger partial charge >= 0.3 is 0 Å². The number of amides is 1. The maximum atomic E-state index is 12.9. The zero-order valence-electron chi connectivity index (χ0n) is 16.4. The van der Waals surface area contributed by atoms with E-state index in [1.54, 1.807) is 19.2 Å². The molecule has 29 heavy (non-hydrogen) atoms. The van der Waals surface area contributed by atoms with Gasteiger partial charge in [0.25, 0.3) is 0 Å². The van der Waals surface area contributed by atoms with E-state index < -0.39 is 0 Å². The van der Waals surface area contributed by atoms with Crippen LogP contribution in [-0.4, -0.2) is 29.7 Å². The molecule has 0 atom stereocenters. The number of carbonyl (C=O) groups excluding carboxylic acids is 1. The fraction of sp³-hybridized carbons (Fsp3) is 0.318. The number of nitrogens with one attached hydrogen (secondary N) is 1. The second kappa shape index (κ2) is 10.4. The molecule has 3 rings (SSSR count). The third kappa shape index (κ3) is 6.41. The van der Waals surface area contributed by atoms with Gasteiger partial charge in [-0.2, -0.15) is 4.98 Å². The smallest absolute Gasteiger partial charge is 0.226 e. The third-order valence-electron chi connectivity index (χ3n) is 4.48. The third-order valence-corrected chi connectivity index (χ3v) is 4.48. The van der Waals surface area contributed by atoms with Crippen LogP contribution in [0.3, 0.4) is 0 Å². The van der Waals surface area contributed by atoms with Crippen LogP contribution in [0.4, 0.5) is 4.39 Å². The van der Waals surface area contributed by atoms with Crippen LogP contribution in [0.1, 0.15) is 30.7 Å². The van der Waals surface area contributed by atoms with Crippen molar-refractivity contribution in [3.05, 3.63) is 65.8 Å². The van der Waals surface area contributed by atoms with E-state index >= 15 is 0 Å². The molecule has 0 aliphatic heterocycles. The monoisotopic (exact) mass is 397 g/mol. The number of carbonyl (C=O) groups is 1. The van der Waals surface area contributed by atoms with Gasteiger partial charge in [-0.3, -0.25) is 4.79 Å². The fourth-order valence-corrected chi connectivity index (χ4v) is 2.87. The van der Waals surface area contributed by atoms with E-state index in [2.05, 4.69) is 15.5 Å². The Morgan fingerprint density at radius 1 is 1.07 bits per heavy atom. The standard InChI is InChI=1S/C22H24FN3O3/c1-28-19-12-8-17(9-13-19)22-25-21(29-26-22)5-3-2-4-14-24-20(27)15-16-6-10-18(23)11-7-16/h6-13H,2-5,14-15H2,1H3,(H,24,27). The molecule has 1 N–H and O–H groups in total. The largest absolute Gasteiger partial charge is 0.497 e. The van der Waals surface area contributed by atoms with Crippen molar-refractivity contribution in [3.8, 4) is 17.1 Å². The van der Waals surface area contributed by atoms with Gasteiger partial charge in [-0.1, -0.05) is 23.7 Å². The molecular formula is C22H24FN3O3. The van der Waals surface area contributed by atoms with Crippen molar-refractivity contribution in [2.24, 2.45) is 0 Å². The first-order chi connectivity index (χ1) is 14.1. The number of benzene rings is 2. The maximum Gasteiger partial charge on any atom is 0.226 e. The number of hydrogen-bond acceptors (Lipinski definition) is 5. The first kappa shape index (κ1) is 20.5. The molecule has 2 aromatic carbocycles. The quantitative estimate of drug-likeness (QED) is 0.524. The normalized spacial score (nSPS) is 10.7. The molecule has 3 aromatic rings. The van der Waals surface area contributed by atoms with Gasteiger partial charge in [0, 0.05) is 18.5 Å². The maximum absolute atomic E-state index is 12.9. The van der Waals surface area contributed by atoms with E-state index in [0.717, 1.165) is 36.1 Å². The SMILES string of the molecule is COc1ccc(-c2noc(CCCCCNC(=O)Cc3ccc(F)cc3)n2)cc1. The van der Waals surface area contributed by atoms with Gasteiger partial charge in [-0.25, -0.2) is 4.39 Å². The van der Waals surface area contributed by atoms with Crippen molar-refractivity contribution in [2.45, 2.75) is 32.1 Å². The van der Waals surface area contributed by atoms with Gasteiger partial charge in [-0.15, -0.1) is 0 Å². The summed E-state index contributed by atoms with van der Waals surface area (Å²) in [7, 11) is 1.62. The number of aromatic nitrogens is 2. The van der Waals surface area contributed by atoms with Gasteiger partial charge in [0.15, 0.2) is 0 Å². The minimum Gasteiger partial charge on any atom is -0.497 e. The predicted octanol–water partition coefficient (Wildman–Crippen LogP) is 3.96. The Hall–Kier alpha value is -3.22. The van der Waals surface area contributed by atoms with Crippen LogP contribution in [0.2, 0.25) is 0 Å². The van der Waals surface area contributed by atoms with Gasteiger partial charge < -0.3 is 14.6 Å². The minimum absolute atomic E-state index is 0.0577. The molecular weight excluding hydrogens is 373 g/mol. The first-order valence-electron chi connectivity index (χ1n) is 9.62. The lowest BCUT2D eigenvalue weighted by Crippen LogP contribution is -2.26. The summed E-state index contributed by atoms with van der Waals surface area (Å²) >= 11 is 0. The summed E-state index contributed by atoms with van der Waals surface area (Å²) < 4.78 is 23.3.